The fourth-order valence-electron chi connectivity index (χ4n) is 1.74. The van der Waals surface area contributed by atoms with Crippen molar-refractivity contribution in [2.45, 2.75) is 39.5 Å². The number of aryl methyl sites for hydroxylation is 1. The van der Waals surface area contributed by atoms with Crippen molar-refractivity contribution in [1.82, 2.24) is 0 Å². The van der Waals surface area contributed by atoms with Crippen molar-refractivity contribution in [2.24, 2.45) is 5.92 Å². The monoisotopic (exact) mass is 249 g/mol. The number of carbonyl (C=O) groups is 1. The lowest BCUT2D eigenvalue weighted by molar-refractivity contribution is -0.143. The molecule has 0 bridgehead atoms. The van der Waals surface area contributed by atoms with E-state index < -0.39 is 0 Å². The van der Waals surface area contributed by atoms with Crippen molar-refractivity contribution in [3.8, 4) is 0 Å². The third kappa shape index (κ3) is 6.28. The Labute approximate surface area is 109 Å². The van der Waals surface area contributed by atoms with Crippen LogP contribution in [0.4, 0.5) is 5.69 Å². The molecule has 0 fully saturated rings. The minimum absolute atomic E-state index is 0.124. The van der Waals surface area contributed by atoms with Gasteiger partial charge in [-0.05, 0) is 42.9 Å². The molecule has 1 aromatic carbocycles. The lowest BCUT2D eigenvalue weighted by Gasteiger charge is -2.06. The highest BCUT2D eigenvalue weighted by molar-refractivity contribution is 5.69. The molecule has 0 aliphatic carbocycles. The lowest BCUT2D eigenvalue weighted by Crippen LogP contribution is -2.07. The molecule has 0 saturated heterocycles. The maximum Gasteiger partial charge on any atom is 0.306 e. The van der Waals surface area contributed by atoms with Gasteiger partial charge in [0.2, 0.25) is 0 Å². The Morgan fingerprint density at radius 1 is 1.39 bits per heavy atom. The van der Waals surface area contributed by atoms with Crippen LogP contribution in [0, 0.1) is 5.92 Å². The quantitative estimate of drug-likeness (QED) is 0.459. The second kappa shape index (κ2) is 7.75. The number of ether oxygens (including phenoxy) is 1. The topological polar surface area (TPSA) is 52.3 Å². The molecule has 1 rings (SSSR count). The molecule has 0 atom stereocenters. The molecule has 1 aromatic rings. The van der Waals surface area contributed by atoms with Crippen molar-refractivity contribution in [3.63, 3.8) is 0 Å². The van der Waals surface area contributed by atoms with E-state index in [2.05, 4.69) is 13.8 Å². The minimum atomic E-state index is -0.124. The number of hydrogen-bond acceptors (Lipinski definition) is 3. The average molecular weight is 249 g/mol. The van der Waals surface area contributed by atoms with Crippen LogP contribution in [-0.4, -0.2) is 12.6 Å². The minimum Gasteiger partial charge on any atom is -0.466 e. The number of carbonyl (C=O) groups excluding carboxylic acids is 1. The highest BCUT2D eigenvalue weighted by Gasteiger charge is 2.04. The summed E-state index contributed by atoms with van der Waals surface area (Å²) in [4.78, 5) is 11.5. The molecule has 0 radical (unpaired) electrons. The van der Waals surface area contributed by atoms with Gasteiger partial charge < -0.3 is 10.5 Å². The number of esters is 1. The SMILES string of the molecule is CC(C)CCCOC(=O)CCc1cccc(N)c1. The van der Waals surface area contributed by atoms with Gasteiger partial charge in [-0.3, -0.25) is 4.79 Å². The molecule has 0 aromatic heterocycles. The second-order valence-corrected chi connectivity index (χ2v) is 5.00. The number of benzene rings is 1. The van der Waals surface area contributed by atoms with E-state index in [0.29, 0.717) is 25.4 Å². The van der Waals surface area contributed by atoms with Gasteiger partial charge >= 0.3 is 5.97 Å². The van der Waals surface area contributed by atoms with Gasteiger partial charge in [-0.1, -0.05) is 26.0 Å². The zero-order valence-corrected chi connectivity index (χ0v) is 11.3. The predicted molar refractivity (Wildman–Crippen MR) is 74.2 cm³/mol. The second-order valence-electron chi connectivity index (χ2n) is 5.00. The van der Waals surface area contributed by atoms with E-state index in [0.717, 1.165) is 24.1 Å². The highest BCUT2D eigenvalue weighted by Crippen LogP contribution is 2.09. The maximum absolute atomic E-state index is 11.5. The summed E-state index contributed by atoms with van der Waals surface area (Å²) in [5.41, 5.74) is 7.49. The zero-order chi connectivity index (χ0) is 13.4. The first-order valence-electron chi connectivity index (χ1n) is 6.58. The van der Waals surface area contributed by atoms with Gasteiger partial charge in [0.15, 0.2) is 0 Å². The summed E-state index contributed by atoms with van der Waals surface area (Å²) in [5.74, 6) is 0.539. The van der Waals surface area contributed by atoms with Crippen LogP contribution < -0.4 is 5.73 Å². The van der Waals surface area contributed by atoms with Gasteiger partial charge in [-0.25, -0.2) is 0 Å². The molecule has 0 heterocycles. The zero-order valence-electron chi connectivity index (χ0n) is 11.3. The van der Waals surface area contributed by atoms with Crippen LogP contribution in [-0.2, 0) is 16.0 Å². The van der Waals surface area contributed by atoms with Gasteiger partial charge in [0.05, 0.1) is 6.61 Å². The van der Waals surface area contributed by atoms with Crippen LogP contribution in [0.5, 0.6) is 0 Å². The Kier molecular flexibility index (Phi) is 6.26. The van der Waals surface area contributed by atoms with Gasteiger partial charge in [-0.15, -0.1) is 0 Å². The third-order valence-corrected chi connectivity index (χ3v) is 2.76. The number of rotatable bonds is 7. The van der Waals surface area contributed by atoms with Crippen molar-refractivity contribution >= 4 is 11.7 Å². The van der Waals surface area contributed by atoms with E-state index in [1.165, 1.54) is 0 Å². The van der Waals surface area contributed by atoms with Crippen molar-refractivity contribution in [3.05, 3.63) is 29.8 Å². The first-order valence-corrected chi connectivity index (χ1v) is 6.58. The Hall–Kier alpha value is -1.51. The van der Waals surface area contributed by atoms with Crippen LogP contribution in [0.15, 0.2) is 24.3 Å². The summed E-state index contributed by atoms with van der Waals surface area (Å²) >= 11 is 0. The van der Waals surface area contributed by atoms with Gasteiger partial charge in [0, 0.05) is 12.1 Å². The normalized spacial score (nSPS) is 10.6. The van der Waals surface area contributed by atoms with E-state index >= 15 is 0 Å². The number of nitrogen functional groups attached to an aromatic ring is 1. The number of anilines is 1. The maximum atomic E-state index is 11.5. The summed E-state index contributed by atoms with van der Waals surface area (Å²) < 4.78 is 5.17. The number of nitrogens with two attached hydrogens (primary N) is 1. The summed E-state index contributed by atoms with van der Waals surface area (Å²) in [6, 6.07) is 7.61. The smallest absolute Gasteiger partial charge is 0.306 e. The molecule has 0 spiro atoms. The molecular formula is C15H23NO2. The third-order valence-electron chi connectivity index (χ3n) is 2.76. The van der Waals surface area contributed by atoms with Crippen LogP contribution in [0.25, 0.3) is 0 Å². The molecule has 0 aliphatic rings. The number of hydrogen-bond donors (Lipinski definition) is 1. The fraction of sp³-hybridized carbons (Fsp3) is 0.533. The van der Waals surface area contributed by atoms with Crippen molar-refractivity contribution in [1.29, 1.82) is 0 Å². The van der Waals surface area contributed by atoms with Crippen LogP contribution in [0.1, 0.15) is 38.7 Å². The first-order chi connectivity index (χ1) is 8.58. The van der Waals surface area contributed by atoms with E-state index in [9.17, 15) is 4.79 Å². The summed E-state index contributed by atoms with van der Waals surface area (Å²) in [7, 11) is 0. The van der Waals surface area contributed by atoms with E-state index in [4.69, 9.17) is 10.5 Å². The Balaban J connectivity index is 2.17. The molecule has 0 saturated carbocycles. The summed E-state index contributed by atoms with van der Waals surface area (Å²) in [6.07, 6.45) is 3.16. The first kappa shape index (κ1) is 14.6. The molecular weight excluding hydrogens is 226 g/mol. The van der Waals surface area contributed by atoms with E-state index in [1.54, 1.807) is 0 Å². The Morgan fingerprint density at radius 3 is 2.83 bits per heavy atom. The Morgan fingerprint density at radius 2 is 2.17 bits per heavy atom. The highest BCUT2D eigenvalue weighted by atomic mass is 16.5. The van der Waals surface area contributed by atoms with Crippen molar-refractivity contribution in [2.75, 3.05) is 12.3 Å². The van der Waals surface area contributed by atoms with Gasteiger partial charge in [0.1, 0.15) is 0 Å². The standard InChI is InChI=1S/C15H23NO2/c1-12(2)5-4-10-18-15(17)9-8-13-6-3-7-14(16)11-13/h3,6-7,11-12H,4-5,8-10,16H2,1-2H3. The summed E-state index contributed by atoms with van der Waals surface area (Å²) in [6.45, 7) is 4.87. The van der Waals surface area contributed by atoms with E-state index in [1.807, 2.05) is 24.3 Å². The molecule has 2 N–H and O–H groups in total. The molecule has 0 aliphatic heterocycles. The molecule has 3 heteroatoms. The Bertz CT molecular complexity index is 375. The largest absolute Gasteiger partial charge is 0.466 e. The molecule has 100 valence electrons. The molecule has 0 amide bonds. The fourth-order valence-corrected chi connectivity index (χ4v) is 1.74. The molecule has 18 heavy (non-hydrogen) atoms. The summed E-state index contributed by atoms with van der Waals surface area (Å²) in [5, 5.41) is 0. The van der Waals surface area contributed by atoms with Gasteiger partial charge in [0.25, 0.3) is 0 Å². The van der Waals surface area contributed by atoms with Crippen molar-refractivity contribution < 1.29 is 9.53 Å². The lowest BCUT2D eigenvalue weighted by atomic mass is 10.1. The molecule has 0 unspecified atom stereocenters. The van der Waals surface area contributed by atoms with Crippen LogP contribution in [0.2, 0.25) is 0 Å². The van der Waals surface area contributed by atoms with Gasteiger partial charge in [-0.2, -0.15) is 0 Å². The van der Waals surface area contributed by atoms with Crippen LogP contribution in [0.3, 0.4) is 0 Å². The molecule has 3 nitrogen and oxygen atoms in total. The van der Waals surface area contributed by atoms with E-state index in [-0.39, 0.29) is 5.97 Å². The predicted octanol–water partition coefficient (Wildman–Crippen LogP) is 3.18. The average Bonchev–Trinajstić information content (AvgIpc) is 2.32. The van der Waals surface area contributed by atoms with Crippen LogP contribution >= 0.6 is 0 Å².